The maximum Gasteiger partial charge on any atom is 0.0575 e. The average molecular weight is 272 g/mol. The zero-order valence-electron chi connectivity index (χ0n) is 12.6. The molecule has 0 spiro atoms. The molecule has 0 bridgehead atoms. The van der Waals surface area contributed by atoms with Crippen LogP contribution in [0.5, 0.6) is 0 Å². The summed E-state index contributed by atoms with van der Waals surface area (Å²) >= 11 is 0. The standard InChI is InChI=1S/C16H24N4/c1-4-19(5-2)15-9-7-14(8-10-15)17-13-16-11-12-18-20(16)6-3/h7-12,17H,4-6,13H2,1-3H3. The minimum Gasteiger partial charge on any atom is -0.379 e. The number of rotatable bonds is 7. The smallest absolute Gasteiger partial charge is 0.0575 e. The van der Waals surface area contributed by atoms with Gasteiger partial charge in [0.1, 0.15) is 0 Å². The van der Waals surface area contributed by atoms with Gasteiger partial charge in [-0.2, -0.15) is 5.10 Å². The molecule has 0 aliphatic carbocycles. The van der Waals surface area contributed by atoms with E-state index >= 15 is 0 Å². The van der Waals surface area contributed by atoms with Crippen molar-refractivity contribution >= 4 is 11.4 Å². The Morgan fingerprint density at radius 3 is 2.35 bits per heavy atom. The Kier molecular flexibility index (Phi) is 5.04. The molecule has 1 aromatic heterocycles. The molecule has 0 unspecified atom stereocenters. The van der Waals surface area contributed by atoms with Gasteiger partial charge in [0.2, 0.25) is 0 Å². The molecular formula is C16H24N4. The van der Waals surface area contributed by atoms with Crippen molar-refractivity contribution in [2.75, 3.05) is 23.3 Å². The number of hydrogen-bond donors (Lipinski definition) is 1. The highest BCUT2D eigenvalue weighted by atomic mass is 15.3. The van der Waals surface area contributed by atoms with E-state index in [1.165, 1.54) is 11.4 Å². The Morgan fingerprint density at radius 1 is 1.05 bits per heavy atom. The van der Waals surface area contributed by atoms with Gasteiger partial charge in [0.25, 0.3) is 0 Å². The quantitative estimate of drug-likeness (QED) is 0.839. The molecule has 1 N–H and O–H groups in total. The van der Waals surface area contributed by atoms with E-state index in [1.807, 2.05) is 10.9 Å². The van der Waals surface area contributed by atoms with Crippen molar-refractivity contribution in [1.29, 1.82) is 0 Å². The summed E-state index contributed by atoms with van der Waals surface area (Å²) in [5.74, 6) is 0. The van der Waals surface area contributed by atoms with E-state index in [1.54, 1.807) is 0 Å². The van der Waals surface area contributed by atoms with Crippen LogP contribution in [0.15, 0.2) is 36.5 Å². The van der Waals surface area contributed by atoms with Crippen molar-refractivity contribution in [2.24, 2.45) is 0 Å². The van der Waals surface area contributed by atoms with Crippen LogP contribution in [0.25, 0.3) is 0 Å². The van der Waals surface area contributed by atoms with Crippen LogP contribution in [0.4, 0.5) is 11.4 Å². The SMILES string of the molecule is CCN(CC)c1ccc(NCc2ccnn2CC)cc1. The number of nitrogens with zero attached hydrogens (tertiary/aromatic N) is 3. The monoisotopic (exact) mass is 272 g/mol. The summed E-state index contributed by atoms with van der Waals surface area (Å²) in [5, 5.41) is 7.72. The predicted octanol–water partition coefficient (Wildman–Crippen LogP) is 3.36. The largest absolute Gasteiger partial charge is 0.379 e. The van der Waals surface area contributed by atoms with E-state index in [-0.39, 0.29) is 0 Å². The van der Waals surface area contributed by atoms with Gasteiger partial charge in [0.05, 0.1) is 12.2 Å². The molecule has 20 heavy (non-hydrogen) atoms. The molecule has 2 rings (SSSR count). The topological polar surface area (TPSA) is 33.1 Å². The van der Waals surface area contributed by atoms with E-state index in [0.717, 1.165) is 31.9 Å². The van der Waals surface area contributed by atoms with Gasteiger partial charge < -0.3 is 10.2 Å². The fourth-order valence-corrected chi connectivity index (χ4v) is 2.37. The lowest BCUT2D eigenvalue weighted by Gasteiger charge is -2.21. The second kappa shape index (κ2) is 6.98. The Bertz CT molecular complexity index is 512. The Morgan fingerprint density at radius 2 is 1.75 bits per heavy atom. The molecule has 108 valence electrons. The summed E-state index contributed by atoms with van der Waals surface area (Å²) in [6, 6.07) is 10.7. The first-order chi connectivity index (χ1) is 9.78. The number of hydrogen-bond acceptors (Lipinski definition) is 3. The third-order valence-corrected chi connectivity index (χ3v) is 3.57. The number of anilines is 2. The highest BCUT2D eigenvalue weighted by molar-refractivity contribution is 5.55. The highest BCUT2D eigenvalue weighted by Crippen LogP contribution is 2.18. The van der Waals surface area contributed by atoms with Crippen LogP contribution in [0.1, 0.15) is 26.5 Å². The average Bonchev–Trinajstić information content (AvgIpc) is 2.95. The number of benzene rings is 1. The molecule has 0 amide bonds. The molecule has 4 heteroatoms. The first-order valence-corrected chi connectivity index (χ1v) is 7.38. The predicted molar refractivity (Wildman–Crippen MR) is 85.2 cm³/mol. The summed E-state index contributed by atoms with van der Waals surface area (Å²) in [5.41, 5.74) is 3.63. The fraction of sp³-hybridized carbons (Fsp3) is 0.438. The van der Waals surface area contributed by atoms with E-state index in [4.69, 9.17) is 0 Å². The molecular weight excluding hydrogens is 248 g/mol. The minimum atomic E-state index is 0.804. The second-order valence-electron chi connectivity index (χ2n) is 4.71. The first-order valence-electron chi connectivity index (χ1n) is 7.38. The van der Waals surface area contributed by atoms with E-state index in [0.29, 0.717) is 0 Å². The number of nitrogens with one attached hydrogen (secondary N) is 1. The van der Waals surface area contributed by atoms with Gasteiger partial charge in [-0.05, 0) is 51.1 Å². The number of aryl methyl sites for hydroxylation is 1. The zero-order chi connectivity index (χ0) is 14.4. The molecule has 0 fully saturated rings. The minimum absolute atomic E-state index is 0.804. The Hall–Kier alpha value is -1.97. The zero-order valence-corrected chi connectivity index (χ0v) is 12.6. The Balaban J connectivity index is 1.97. The second-order valence-corrected chi connectivity index (χ2v) is 4.71. The lowest BCUT2D eigenvalue weighted by Crippen LogP contribution is -2.21. The third-order valence-electron chi connectivity index (χ3n) is 3.57. The fourth-order valence-electron chi connectivity index (χ4n) is 2.37. The van der Waals surface area contributed by atoms with Crippen LogP contribution in [0.3, 0.4) is 0 Å². The first kappa shape index (κ1) is 14.4. The summed E-state index contributed by atoms with van der Waals surface area (Å²) in [4.78, 5) is 2.34. The van der Waals surface area contributed by atoms with Gasteiger partial charge in [-0.3, -0.25) is 4.68 Å². The molecule has 0 atom stereocenters. The van der Waals surface area contributed by atoms with Crippen LogP contribution in [0.2, 0.25) is 0 Å². The van der Waals surface area contributed by atoms with Gasteiger partial charge in [-0.25, -0.2) is 0 Å². The molecule has 0 radical (unpaired) electrons. The summed E-state index contributed by atoms with van der Waals surface area (Å²) < 4.78 is 2.01. The van der Waals surface area contributed by atoms with Crippen molar-refractivity contribution in [3.05, 3.63) is 42.2 Å². The molecule has 0 aliphatic heterocycles. The van der Waals surface area contributed by atoms with Gasteiger partial charge in [-0.15, -0.1) is 0 Å². The summed E-state index contributed by atoms with van der Waals surface area (Å²) in [6.07, 6.45) is 1.85. The Labute approximate surface area is 121 Å². The lowest BCUT2D eigenvalue weighted by molar-refractivity contribution is 0.627. The van der Waals surface area contributed by atoms with E-state index in [9.17, 15) is 0 Å². The van der Waals surface area contributed by atoms with Gasteiger partial charge >= 0.3 is 0 Å². The van der Waals surface area contributed by atoms with Crippen molar-refractivity contribution < 1.29 is 0 Å². The van der Waals surface area contributed by atoms with Crippen LogP contribution in [-0.2, 0) is 13.1 Å². The van der Waals surface area contributed by atoms with Crippen LogP contribution >= 0.6 is 0 Å². The number of aromatic nitrogens is 2. The molecule has 1 aromatic carbocycles. The van der Waals surface area contributed by atoms with Crippen LogP contribution in [-0.4, -0.2) is 22.9 Å². The van der Waals surface area contributed by atoms with Crippen LogP contribution in [0, 0.1) is 0 Å². The summed E-state index contributed by atoms with van der Waals surface area (Å²) in [7, 11) is 0. The molecule has 0 saturated heterocycles. The van der Waals surface area contributed by atoms with Crippen molar-refractivity contribution in [3.63, 3.8) is 0 Å². The van der Waals surface area contributed by atoms with Gasteiger partial charge in [-0.1, -0.05) is 0 Å². The van der Waals surface area contributed by atoms with Crippen molar-refractivity contribution in [3.8, 4) is 0 Å². The lowest BCUT2D eigenvalue weighted by atomic mass is 10.2. The molecule has 0 aliphatic rings. The molecule has 1 heterocycles. The van der Waals surface area contributed by atoms with Gasteiger partial charge in [0.15, 0.2) is 0 Å². The van der Waals surface area contributed by atoms with Crippen molar-refractivity contribution in [2.45, 2.75) is 33.9 Å². The molecule has 0 saturated carbocycles. The normalized spacial score (nSPS) is 10.6. The van der Waals surface area contributed by atoms with Gasteiger partial charge in [0, 0.05) is 37.2 Å². The summed E-state index contributed by atoms with van der Waals surface area (Å²) in [6.45, 7) is 10.3. The highest BCUT2D eigenvalue weighted by Gasteiger charge is 2.03. The maximum atomic E-state index is 4.28. The van der Waals surface area contributed by atoms with Crippen molar-refractivity contribution in [1.82, 2.24) is 9.78 Å². The van der Waals surface area contributed by atoms with E-state index < -0.39 is 0 Å². The van der Waals surface area contributed by atoms with Crippen LogP contribution < -0.4 is 10.2 Å². The van der Waals surface area contributed by atoms with E-state index in [2.05, 4.69) is 66.4 Å². The maximum absolute atomic E-state index is 4.28. The molecule has 2 aromatic rings. The molecule has 4 nitrogen and oxygen atoms in total. The third kappa shape index (κ3) is 3.32.